The number of hydrogen-bond acceptors (Lipinski definition) is 7. The van der Waals surface area contributed by atoms with E-state index in [1.54, 1.807) is 6.92 Å². The minimum absolute atomic E-state index is 0.0505. The van der Waals surface area contributed by atoms with Crippen molar-refractivity contribution < 1.29 is 32.3 Å². The maximum atomic E-state index is 13.1. The lowest BCUT2D eigenvalue weighted by Gasteiger charge is -2.28. The molecule has 2 aromatic rings. The highest BCUT2D eigenvalue weighted by Gasteiger charge is 2.29. The van der Waals surface area contributed by atoms with Crippen LogP contribution >= 0.6 is 0 Å². The van der Waals surface area contributed by atoms with Gasteiger partial charge >= 0.3 is 18.0 Å². The van der Waals surface area contributed by atoms with Gasteiger partial charge in [0.1, 0.15) is 6.61 Å². The van der Waals surface area contributed by atoms with Crippen LogP contribution < -0.4 is 10.6 Å². The highest BCUT2D eigenvalue weighted by Crippen LogP contribution is 2.25. The molecule has 10 nitrogen and oxygen atoms in total. The Morgan fingerprint density at radius 3 is 2.43 bits per heavy atom. The summed E-state index contributed by atoms with van der Waals surface area (Å²) in [5, 5.41) is 4.92. The van der Waals surface area contributed by atoms with Gasteiger partial charge in [-0.05, 0) is 48.7 Å². The minimum Gasteiger partial charge on any atom is -0.463 e. The SMILES string of the molecule is CCOC(=O)C1=C(COC(=O)c2ccc(S(=O)(=O)N3CCc4ccccc4C3)cc2)NC(=O)NC1. The molecular weight excluding hydrogens is 474 g/mol. The lowest BCUT2D eigenvalue weighted by molar-refractivity contribution is -0.138. The summed E-state index contributed by atoms with van der Waals surface area (Å²) >= 11 is 0. The molecule has 0 aromatic heterocycles. The van der Waals surface area contributed by atoms with E-state index in [2.05, 4.69) is 10.6 Å². The fraction of sp³-hybridized carbons (Fsp3) is 0.292. The van der Waals surface area contributed by atoms with Gasteiger partial charge in [0, 0.05) is 13.1 Å². The number of ether oxygens (including phenoxy) is 2. The monoisotopic (exact) mass is 499 g/mol. The zero-order chi connectivity index (χ0) is 25.0. The fourth-order valence-corrected chi connectivity index (χ4v) is 5.30. The molecule has 0 radical (unpaired) electrons. The Labute approximate surface area is 202 Å². The number of amides is 2. The van der Waals surface area contributed by atoms with Crippen LogP contribution in [0.1, 0.15) is 28.4 Å². The standard InChI is InChI=1S/C24H25N3O7S/c1-2-33-23(29)20-13-25-24(30)26-21(20)15-34-22(28)17-7-9-19(10-8-17)35(31,32)27-12-11-16-5-3-4-6-18(16)14-27/h3-10H,2,11-15H2,1H3,(H2,25,26,30). The highest BCUT2D eigenvalue weighted by molar-refractivity contribution is 7.89. The number of nitrogens with zero attached hydrogens (tertiary/aromatic N) is 1. The van der Waals surface area contributed by atoms with Crippen molar-refractivity contribution >= 4 is 28.0 Å². The first kappa shape index (κ1) is 24.4. The Kier molecular flexibility index (Phi) is 7.17. The number of esters is 2. The van der Waals surface area contributed by atoms with Gasteiger partial charge in [0.15, 0.2) is 0 Å². The number of urea groups is 1. The normalized spacial score (nSPS) is 16.1. The molecule has 35 heavy (non-hydrogen) atoms. The van der Waals surface area contributed by atoms with Crippen molar-refractivity contribution in [2.24, 2.45) is 0 Å². The molecule has 2 heterocycles. The zero-order valence-corrected chi connectivity index (χ0v) is 19.9. The molecule has 11 heteroatoms. The average molecular weight is 500 g/mol. The summed E-state index contributed by atoms with van der Waals surface area (Å²) in [6.45, 7) is 2.07. The quantitative estimate of drug-likeness (QED) is 0.555. The molecular formula is C24H25N3O7S. The molecule has 0 fully saturated rings. The maximum Gasteiger partial charge on any atom is 0.338 e. The number of benzene rings is 2. The van der Waals surface area contributed by atoms with Crippen LogP contribution in [0, 0.1) is 0 Å². The molecule has 0 aliphatic carbocycles. The third kappa shape index (κ3) is 5.36. The van der Waals surface area contributed by atoms with E-state index in [-0.39, 0.29) is 41.5 Å². The first-order valence-corrected chi connectivity index (χ1v) is 12.5. The zero-order valence-electron chi connectivity index (χ0n) is 19.1. The Hall–Kier alpha value is -3.70. The van der Waals surface area contributed by atoms with Gasteiger partial charge in [0.05, 0.1) is 34.9 Å². The lowest BCUT2D eigenvalue weighted by Crippen LogP contribution is -2.45. The molecule has 2 aromatic carbocycles. The summed E-state index contributed by atoms with van der Waals surface area (Å²) in [4.78, 5) is 36.3. The van der Waals surface area contributed by atoms with Crippen LogP contribution in [-0.2, 0) is 37.3 Å². The van der Waals surface area contributed by atoms with Gasteiger partial charge in [0.2, 0.25) is 10.0 Å². The van der Waals surface area contributed by atoms with Gasteiger partial charge in [-0.15, -0.1) is 0 Å². The van der Waals surface area contributed by atoms with Gasteiger partial charge < -0.3 is 20.1 Å². The molecule has 4 rings (SSSR count). The third-order valence-electron chi connectivity index (χ3n) is 5.75. The Morgan fingerprint density at radius 1 is 1.00 bits per heavy atom. The Morgan fingerprint density at radius 2 is 1.71 bits per heavy atom. The van der Waals surface area contributed by atoms with Gasteiger partial charge in [-0.3, -0.25) is 0 Å². The topological polar surface area (TPSA) is 131 Å². The second-order valence-electron chi connectivity index (χ2n) is 7.94. The predicted octanol–water partition coefficient (Wildman–Crippen LogP) is 1.72. The van der Waals surface area contributed by atoms with E-state index in [4.69, 9.17) is 9.47 Å². The molecule has 0 spiro atoms. The van der Waals surface area contributed by atoms with Crippen LogP contribution in [0.5, 0.6) is 0 Å². The van der Waals surface area contributed by atoms with Crippen molar-refractivity contribution in [3.8, 4) is 0 Å². The van der Waals surface area contributed by atoms with Crippen LogP contribution in [0.2, 0.25) is 0 Å². The number of sulfonamides is 1. The predicted molar refractivity (Wildman–Crippen MR) is 125 cm³/mol. The van der Waals surface area contributed by atoms with Gasteiger partial charge in [0.25, 0.3) is 0 Å². The summed E-state index contributed by atoms with van der Waals surface area (Å²) in [7, 11) is -3.74. The molecule has 0 saturated heterocycles. The van der Waals surface area contributed by atoms with Crippen molar-refractivity contribution in [1.29, 1.82) is 0 Å². The molecule has 2 N–H and O–H groups in total. The van der Waals surface area contributed by atoms with E-state index in [0.717, 1.165) is 11.1 Å². The fourth-order valence-electron chi connectivity index (χ4n) is 3.88. The molecule has 2 aliphatic rings. The second-order valence-corrected chi connectivity index (χ2v) is 9.88. The summed E-state index contributed by atoms with van der Waals surface area (Å²) in [5.74, 6) is -1.36. The average Bonchev–Trinajstić information content (AvgIpc) is 2.87. The molecule has 2 aliphatic heterocycles. The molecule has 0 bridgehead atoms. The number of carbonyl (C=O) groups excluding carboxylic acids is 3. The van der Waals surface area contributed by atoms with Crippen LogP contribution in [0.3, 0.4) is 0 Å². The third-order valence-corrected chi connectivity index (χ3v) is 7.61. The highest BCUT2D eigenvalue weighted by atomic mass is 32.2. The smallest absolute Gasteiger partial charge is 0.338 e. The van der Waals surface area contributed by atoms with Crippen LogP contribution in [0.25, 0.3) is 0 Å². The van der Waals surface area contributed by atoms with Gasteiger partial charge in [-0.25, -0.2) is 22.8 Å². The molecule has 0 unspecified atom stereocenters. The maximum absolute atomic E-state index is 13.1. The number of hydrogen-bond donors (Lipinski definition) is 2. The minimum atomic E-state index is -3.74. The Bertz CT molecular complexity index is 1290. The van der Waals surface area contributed by atoms with E-state index in [0.29, 0.717) is 19.5 Å². The molecule has 0 atom stereocenters. The molecule has 0 saturated carbocycles. The summed E-state index contributed by atoms with van der Waals surface area (Å²) in [6, 6.07) is 12.7. The van der Waals surface area contributed by atoms with Crippen LogP contribution in [-0.4, -0.2) is 57.0 Å². The van der Waals surface area contributed by atoms with Crippen molar-refractivity contribution in [3.05, 3.63) is 76.5 Å². The number of rotatable bonds is 7. The van der Waals surface area contributed by atoms with Gasteiger partial charge in [-0.1, -0.05) is 24.3 Å². The number of nitrogens with one attached hydrogen (secondary N) is 2. The first-order chi connectivity index (χ1) is 16.8. The second kappa shape index (κ2) is 10.3. The van der Waals surface area contributed by atoms with Crippen molar-refractivity contribution in [2.75, 3.05) is 26.3 Å². The number of carbonyl (C=O) groups is 3. The van der Waals surface area contributed by atoms with Crippen molar-refractivity contribution in [2.45, 2.75) is 24.8 Å². The van der Waals surface area contributed by atoms with Gasteiger partial charge in [-0.2, -0.15) is 4.31 Å². The van der Waals surface area contributed by atoms with Crippen molar-refractivity contribution in [3.63, 3.8) is 0 Å². The van der Waals surface area contributed by atoms with Crippen molar-refractivity contribution in [1.82, 2.24) is 14.9 Å². The Balaban J connectivity index is 1.43. The first-order valence-electron chi connectivity index (χ1n) is 11.1. The van der Waals surface area contributed by atoms with E-state index < -0.39 is 28.0 Å². The largest absolute Gasteiger partial charge is 0.463 e. The summed E-state index contributed by atoms with van der Waals surface area (Å²) in [5.41, 5.74) is 2.53. The summed E-state index contributed by atoms with van der Waals surface area (Å²) < 4.78 is 37.9. The van der Waals surface area contributed by atoms with E-state index in [9.17, 15) is 22.8 Å². The molecule has 184 valence electrons. The van der Waals surface area contributed by atoms with E-state index in [1.807, 2.05) is 24.3 Å². The summed E-state index contributed by atoms with van der Waals surface area (Å²) in [6.07, 6.45) is 0.634. The van der Waals surface area contributed by atoms with Crippen LogP contribution in [0.4, 0.5) is 4.79 Å². The number of fused-ring (bicyclic) bond motifs is 1. The molecule has 2 amide bonds. The van der Waals surface area contributed by atoms with E-state index in [1.165, 1.54) is 28.6 Å². The van der Waals surface area contributed by atoms with Crippen LogP contribution in [0.15, 0.2) is 64.7 Å². The van der Waals surface area contributed by atoms with E-state index >= 15 is 0 Å². The lowest BCUT2D eigenvalue weighted by atomic mass is 10.0.